The van der Waals surface area contributed by atoms with Gasteiger partial charge in [0.15, 0.2) is 0 Å². The van der Waals surface area contributed by atoms with Crippen molar-refractivity contribution in [1.82, 2.24) is 9.78 Å². The van der Waals surface area contributed by atoms with Gasteiger partial charge in [0, 0.05) is 16.5 Å². The van der Waals surface area contributed by atoms with Crippen molar-refractivity contribution in [2.45, 2.75) is 25.5 Å². The van der Waals surface area contributed by atoms with Crippen molar-refractivity contribution in [3.63, 3.8) is 0 Å². The third-order valence-corrected chi connectivity index (χ3v) is 4.11. The summed E-state index contributed by atoms with van der Waals surface area (Å²) in [7, 11) is 0. The van der Waals surface area contributed by atoms with Gasteiger partial charge in [-0.2, -0.15) is 17.7 Å². The molecule has 0 amide bonds. The summed E-state index contributed by atoms with van der Waals surface area (Å²) in [6, 6.07) is 15.7. The smallest absolute Gasteiger partial charge is 0.149 e. The van der Waals surface area contributed by atoms with Gasteiger partial charge in [0.2, 0.25) is 0 Å². The summed E-state index contributed by atoms with van der Waals surface area (Å²) in [5.74, 6) is 0.223. The van der Waals surface area contributed by atoms with Crippen LogP contribution in [0.2, 0.25) is 0 Å². The van der Waals surface area contributed by atoms with Crippen molar-refractivity contribution in [3.8, 4) is 22.6 Å². The summed E-state index contributed by atoms with van der Waals surface area (Å²) in [5.41, 5.74) is 4.35. The van der Waals surface area contributed by atoms with Crippen molar-refractivity contribution < 1.29 is 5.11 Å². The van der Waals surface area contributed by atoms with Gasteiger partial charge in [0.1, 0.15) is 11.4 Å². The van der Waals surface area contributed by atoms with E-state index >= 15 is 0 Å². The molecule has 23 heavy (non-hydrogen) atoms. The van der Waals surface area contributed by atoms with Crippen LogP contribution in [0.4, 0.5) is 0 Å². The molecule has 3 rings (SSSR count). The van der Waals surface area contributed by atoms with Gasteiger partial charge >= 0.3 is 0 Å². The van der Waals surface area contributed by atoms with Crippen molar-refractivity contribution in [2.75, 3.05) is 0 Å². The average molecular weight is 324 g/mol. The van der Waals surface area contributed by atoms with E-state index < -0.39 is 0 Å². The Labute approximate surface area is 142 Å². The van der Waals surface area contributed by atoms with E-state index in [1.807, 2.05) is 75.5 Å². The van der Waals surface area contributed by atoms with Crippen molar-refractivity contribution in [3.05, 3.63) is 66.0 Å². The first kappa shape index (κ1) is 15.7. The van der Waals surface area contributed by atoms with E-state index in [2.05, 4.69) is 5.10 Å². The molecular formula is C19H20N2OS. The predicted molar refractivity (Wildman–Crippen MR) is 97.4 cm³/mol. The Balaban J connectivity index is 2.28. The third-order valence-electron chi connectivity index (χ3n) is 3.85. The standard InChI is InChI=1S/C19H20N2OS/c1-13-9-10-21(20-13)17-12-15(19(2,3)23)11-16(18(17)22)14-7-5-4-6-8-14/h4-12,22-23H,1-3H3. The zero-order chi connectivity index (χ0) is 16.6. The molecule has 3 nitrogen and oxygen atoms in total. The van der Waals surface area contributed by atoms with Gasteiger partial charge in [0.05, 0.1) is 5.69 Å². The highest BCUT2D eigenvalue weighted by atomic mass is 32.1. The lowest BCUT2D eigenvalue weighted by molar-refractivity contribution is 0.472. The highest BCUT2D eigenvalue weighted by Crippen LogP contribution is 2.39. The van der Waals surface area contributed by atoms with Gasteiger partial charge < -0.3 is 5.11 Å². The first-order chi connectivity index (χ1) is 10.9. The first-order valence-electron chi connectivity index (χ1n) is 7.54. The van der Waals surface area contributed by atoms with Crippen molar-refractivity contribution in [2.24, 2.45) is 0 Å². The molecule has 0 unspecified atom stereocenters. The fraction of sp³-hybridized carbons (Fsp3) is 0.211. The molecule has 2 aromatic carbocycles. The van der Waals surface area contributed by atoms with E-state index in [0.29, 0.717) is 5.69 Å². The maximum atomic E-state index is 10.8. The quantitative estimate of drug-likeness (QED) is 0.684. The molecule has 0 aliphatic rings. The normalized spacial score (nSPS) is 11.7. The van der Waals surface area contributed by atoms with Crippen LogP contribution in [0.3, 0.4) is 0 Å². The number of aryl methyl sites for hydroxylation is 1. The summed E-state index contributed by atoms with van der Waals surface area (Å²) < 4.78 is 1.38. The topological polar surface area (TPSA) is 38.0 Å². The molecule has 0 spiro atoms. The molecule has 118 valence electrons. The van der Waals surface area contributed by atoms with Gasteiger partial charge in [-0.25, -0.2) is 4.68 Å². The van der Waals surface area contributed by atoms with Crippen LogP contribution < -0.4 is 0 Å². The Morgan fingerprint density at radius 3 is 2.35 bits per heavy atom. The maximum absolute atomic E-state index is 10.8. The van der Waals surface area contributed by atoms with Crippen molar-refractivity contribution >= 4 is 12.6 Å². The number of nitrogens with zero attached hydrogens (tertiary/aromatic N) is 2. The highest BCUT2D eigenvalue weighted by Gasteiger charge is 2.21. The van der Waals surface area contributed by atoms with Gasteiger partial charge in [-0.05, 0) is 50.1 Å². The summed E-state index contributed by atoms with van der Waals surface area (Å²) in [6.45, 7) is 6.00. The van der Waals surface area contributed by atoms with Gasteiger partial charge in [-0.1, -0.05) is 30.3 Å². The van der Waals surface area contributed by atoms with E-state index in [0.717, 1.165) is 22.4 Å². The number of hydrogen-bond donors (Lipinski definition) is 2. The molecule has 0 atom stereocenters. The number of aromatic hydroxyl groups is 1. The molecule has 1 aromatic heterocycles. The average Bonchev–Trinajstić information content (AvgIpc) is 2.93. The predicted octanol–water partition coefficient (Wildman–Crippen LogP) is 4.72. The molecular weight excluding hydrogens is 304 g/mol. The van der Waals surface area contributed by atoms with Gasteiger partial charge in [-0.3, -0.25) is 0 Å². The molecule has 0 saturated carbocycles. The molecule has 0 aliphatic heterocycles. The number of phenols is 1. The van der Waals surface area contributed by atoms with E-state index in [1.54, 1.807) is 4.68 Å². The van der Waals surface area contributed by atoms with Crippen molar-refractivity contribution in [1.29, 1.82) is 0 Å². The zero-order valence-electron chi connectivity index (χ0n) is 13.5. The number of thiol groups is 1. The molecule has 0 bridgehead atoms. The number of hydrogen-bond acceptors (Lipinski definition) is 3. The Morgan fingerprint density at radius 2 is 1.78 bits per heavy atom. The molecule has 1 heterocycles. The van der Waals surface area contributed by atoms with Crippen LogP contribution >= 0.6 is 12.6 Å². The summed E-state index contributed by atoms with van der Waals surface area (Å²) >= 11 is 4.69. The van der Waals surface area contributed by atoms with E-state index in [1.165, 1.54) is 0 Å². The minimum atomic E-state index is -0.325. The SMILES string of the molecule is Cc1ccn(-c2cc(C(C)(C)S)cc(-c3ccccc3)c2O)n1. The Morgan fingerprint density at radius 1 is 1.09 bits per heavy atom. The minimum absolute atomic E-state index is 0.223. The molecule has 0 aliphatic carbocycles. The lowest BCUT2D eigenvalue weighted by Crippen LogP contribution is -2.09. The monoisotopic (exact) mass is 324 g/mol. The number of benzene rings is 2. The fourth-order valence-electron chi connectivity index (χ4n) is 2.53. The minimum Gasteiger partial charge on any atom is -0.505 e. The lowest BCUT2D eigenvalue weighted by Gasteiger charge is -2.22. The van der Waals surface area contributed by atoms with E-state index in [4.69, 9.17) is 12.6 Å². The second kappa shape index (κ2) is 5.78. The van der Waals surface area contributed by atoms with Crippen LogP contribution in [0.1, 0.15) is 25.1 Å². The molecule has 0 fully saturated rings. The zero-order valence-corrected chi connectivity index (χ0v) is 14.4. The van der Waals surface area contributed by atoms with Crippen LogP contribution in [0.5, 0.6) is 5.75 Å². The van der Waals surface area contributed by atoms with Crippen LogP contribution in [0.25, 0.3) is 16.8 Å². The van der Waals surface area contributed by atoms with Crippen LogP contribution in [0.15, 0.2) is 54.7 Å². The maximum Gasteiger partial charge on any atom is 0.149 e. The fourth-order valence-corrected chi connectivity index (χ4v) is 2.66. The molecule has 1 N–H and O–H groups in total. The third kappa shape index (κ3) is 3.13. The first-order valence-corrected chi connectivity index (χ1v) is 7.99. The molecule has 0 radical (unpaired) electrons. The Bertz CT molecular complexity index is 832. The Hall–Kier alpha value is -2.20. The second-order valence-corrected chi connectivity index (χ2v) is 7.34. The largest absolute Gasteiger partial charge is 0.505 e. The number of aromatic nitrogens is 2. The molecule has 3 aromatic rings. The highest BCUT2D eigenvalue weighted by molar-refractivity contribution is 7.81. The van der Waals surface area contributed by atoms with E-state index in [9.17, 15) is 5.11 Å². The van der Waals surface area contributed by atoms with Gasteiger partial charge in [0.25, 0.3) is 0 Å². The van der Waals surface area contributed by atoms with E-state index in [-0.39, 0.29) is 10.5 Å². The number of rotatable bonds is 3. The molecule has 0 saturated heterocycles. The Kier molecular flexibility index (Phi) is 3.94. The second-order valence-electron chi connectivity index (χ2n) is 6.22. The summed E-state index contributed by atoms with van der Waals surface area (Å²) in [6.07, 6.45) is 1.86. The molecule has 4 heteroatoms. The number of phenolic OH excluding ortho intramolecular Hbond substituents is 1. The van der Waals surface area contributed by atoms with Gasteiger partial charge in [-0.15, -0.1) is 0 Å². The summed E-state index contributed by atoms with van der Waals surface area (Å²) in [4.78, 5) is 0. The lowest BCUT2D eigenvalue weighted by atomic mass is 9.95. The summed E-state index contributed by atoms with van der Waals surface area (Å²) in [5, 5.41) is 15.2. The van der Waals surface area contributed by atoms with Crippen LogP contribution in [0, 0.1) is 6.92 Å². The van der Waals surface area contributed by atoms with Crippen LogP contribution in [-0.4, -0.2) is 14.9 Å². The van der Waals surface area contributed by atoms with Crippen LogP contribution in [-0.2, 0) is 4.75 Å².